The molecule has 0 spiro atoms. The van der Waals surface area contributed by atoms with Crippen LogP contribution in [0.4, 0.5) is 0 Å². The van der Waals surface area contributed by atoms with Crippen molar-refractivity contribution < 1.29 is 4.84 Å². The number of hydrogen-bond acceptors (Lipinski definition) is 3. The maximum atomic E-state index is 4.94. The maximum absolute atomic E-state index is 4.94. The molecule has 0 atom stereocenters. The Kier molecular flexibility index (Phi) is 2.86. The lowest BCUT2D eigenvalue weighted by molar-refractivity contribution is 0.0444. The first-order valence-electron chi connectivity index (χ1n) is 3.11. The molecule has 0 aromatic carbocycles. The Morgan fingerprint density at radius 2 is 2.20 bits per heavy atom. The van der Waals surface area contributed by atoms with Gasteiger partial charge >= 0.3 is 0 Å². The standard InChI is InChI=1S/C7H10N2O/c1-8-10-6-7-2-4-9-5-3-7/h2-5,8H,6H2,1H3. The summed E-state index contributed by atoms with van der Waals surface area (Å²) in [5, 5.41) is 0. The monoisotopic (exact) mass is 138 g/mol. The smallest absolute Gasteiger partial charge is 0.0933 e. The average molecular weight is 138 g/mol. The van der Waals surface area contributed by atoms with Crippen LogP contribution in [0.3, 0.4) is 0 Å². The van der Waals surface area contributed by atoms with Gasteiger partial charge in [0, 0.05) is 19.4 Å². The molecule has 0 fully saturated rings. The molecule has 3 heteroatoms. The van der Waals surface area contributed by atoms with E-state index in [9.17, 15) is 0 Å². The third kappa shape index (κ3) is 2.13. The number of aromatic nitrogens is 1. The Bertz CT molecular complexity index is 176. The van der Waals surface area contributed by atoms with Gasteiger partial charge in [-0.25, -0.2) is 5.48 Å². The fourth-order valence-corrected chi connectivity index (χ4v) is 0.635. The highest BCUT2D eigenvalue weighted by Crippen LogP contribution is 1.95. The SMILES string of the molecule is CNOCc1ccncc1. The third-order valence-electron chi connectivity index (χ3n) is 1.13. The van der Waals surface area contributed by atoms with Gasteiger partial charge in [0.1, 0.15) is 0 Å². The van der Waals surface area contributed by atoms with E-state index in [0.29, 0.717) is 6.61 Å². The van der Waals surface area contributed by atoms with Gasteiger partial charge in [0.25, 0.3) is 0 Å². The second-order valence-corrected chi connectivity index (χ2v) is 1.85. The Morgan fingerprint density at radius 1 is 1.50 bits per heavy atom. The summed E-state index contributed by atoms with van der Waals surface area (Å²) in [5.41, 5.74) is 3.71. The van der Waals surface area contributed by atoms with E-state index in [0.717, 1.165) is 5.56 Å². The van der Waals surface area contributed by atoms with Gasteiger partial charge in [-0.2, -0.15) is 0 Å². The Hall–Kier alpha value is -0.930. The average Bonchev–Trinajstić information content (AvgIpc) is 2.03. The lowest BCUT2D eigenvalue weighted by Gasteiger charge is -1.99. The van der Waals surface area contributed by atoms with E-state index in [1.165, 1.54) is 0 Å². The first-order valence-corrected chi connectivity index (χ1v) is 3.11. The van der Waals surface area contributed by atoms with E-state index < -0.39 is 0 Å². The maximum Gasteiger partial charge on any atom is 0.0933 e. The molecule has 10 heavy (non-hydrogen) atoms. The molecule has 1 heterocycles. The highest BCUT2D eigenvalue weighted by molar-refractivity contribution is 5.07. The molecule has 0 amide bonds. The van der Waals surface area contributed by atoms with Crippen molar-refractivity contribution in [1.29, 1.82) is 0 Å². The normalized spacial score (nSPS) is 9.70. The molecule has 0 radical (unpaired) electrons. The van der Waals surface area contributed by atoms with Crippen LogP contribution in [0.2, 0.25) is 0 Å². The Labute approximate surface area is 60.0 Å². The number of hydrogen-bond donors (Lipinski definition) is 1. The second kappa shape index (κ2) is 3.98. The summed E-state index contributed by atoms with van der Waals surface area (Å²) < 4.78 is 0. The first kappa shape index (κ1) is 7.18. The van der Waals surface area contributed by atoms with Crippen LogP contribution < -0.4 is 5.48 Å². The van der Waals surface area contributed by atoms with Crippen molar-refractivity contribution in [2.45, 2.75) is 6.61 Å². The highest BCUT2D eigenvalue weighted by atomic mass is 16.6. The van der Waals surface area contributed by atoms with Crippen LogP contribution in [-0.4, -0.2) is 12.0 Å². The summed E-state index contributed by atoms with van der Waals surface area (Å²) >= 11 is 0. The van der Waals surface area contributed by atoms with Crippen molar-refractivity contribution in [3.8, 4) is 0 Å². The van der Waals surface area contributed by atoms with E-state index in [4.69, 9.17) is 4.84 Å². The molecule has 0 aliphatic rings. The predicted octanol–water partition coefficient (Wildman–Crippen LogP) is 0.733. The van der Waals surface area contributed by atoms with Gasteiger partial charge in [-0.1, -0.05) is 0 Å². The number of pyridine rings is 1. The van der Waals surface area contributed by atoms with Crippen molar-refractivity contribution in [3.63, 3.8) is 0 Å². The molecule has 0 saturated carbocycles. The predicted molar refractivity (Wildman–Crippen MR) is 38.1 cm³/mol. The highest BCUT2D eigenvalue weighted by Gasteiger charge is 1.87. The van der Waals surface area contributed by atoms with Crippen molar-refractivity contribution in [3.05, 3.63) is 30.1 Å². The van der Waals surface area contributed by atoms with Crippen LogP contribution in [0.15, 0.2) is 24.5 Å². The lowest BCUT2D eigenvalue weighted by Crippen LogP contribution is -2.06. The molecule has 0 bridgehead atoms. The Morgan fingerprint density at radius 3 is 2.80 bits per heavy atom. The minimum absolute atomic E-state index is 0.582. The van der Waals surface area contributed by atoms with Gasteiger partial charge in [-0.15, -0.1) is 0 Å². The zero-order chi connectivity index (χ0) is 7.23. The summed E-state index contributed by atoms with van der Waals surface area (Å²) in [6.07, 6.45) is 3.49. The van der Waals surface area contributed by atoms with Crippen LogP contribution in [0, 0.1) is 0 Å². The van der Waals surface area contributed by atoms with E-state index >= 15 is 0 Å². The molecule has 0 saturated heterocycles. The first-order chi connectivity index (χ1) is 4.93. The molecular formula is C7H10N2O. The molecule has 54 valence electrons. The van der Waals surface area contributed by atoms with Crippen molar-refractivity contribution in [2.24, 2.45) is 0 Å². The number of rotatable bonds is 3. The summed E-state index contributed by atoms with van der Waals surface area (Å²) in [6, 6.07) is 3.83. The Balaban J connectivity index is 2.43. The molecule has 0 aliphatic heterocycles. The fourth-order valence-electron chi connectivity index (χ4n) is 0.635. The summed E-state index contributed by atoms with van der Waals surface area (Å²) in [6.45, 7) is 0.582. The van der Waals surface area contributed by atoms with Gasteiger partial charge < -0.3 is 0 Å². The topological polar surface area (TPSA) is 34.1 Å². The third-order valence-corrected chi connectivity index (χ3v) is 1.13. The molecule has 3 nitrogen and oxygen atoms in total. The quantitative estimate of drug-likeness (QED) is 0.625. The van der Waals surface area contributed by atoms with E-state index in [-0.39, 0.29) is 0 Å². The fraction of sp³-hybridized carbons (Fsp3) is 0.286. The van der Waals surface area contributed by atoms with Crippen LogP contribution in [0.1, 0.15) is 5.56 Å². The minimum atomic E-state index is 0.582. The summed E-state index contributed by atoms with van der Waals surface area (Å²) in [4.78, 5) is 8.82. The largest absolute Gasteiger partial charge is 0.297 e. The molecule has 0 unspecified atom stereocenters. The zero-order valence-electron chi connectivity index (χ0n) is 5.87. The van der Waals surface area contributed by atoms with Crippen molar-refractivity contribution >= 4 is 0 Å². The zero-order valence-corrected chi connectivity index (χ0v) is 5.87. The molecule has 1 aromatic heterocycles. The number of nitrogens with one attached hydrogen (secondary N) is 1. The summed E-state index contributed by atoms with van der Waals surface area (Å²) in [5.74, 6) is 0. The molecule has 0 aliphatic carbocycles. The number of nitrogens with zero attached hydrogens (tertiary/aromatic N) is 1. The van der Waals surface area contributed by atoms with Crippen LogP contribution in [-0.2, 0) is 11.4 Å². The van der Waals surface area contributed by atoms with Gasteiger partial charge in [-0.05, 0) is 17.7 Å². The van der Waals surface area contributed by atoms with Crippen molar-refractivity contribution in [1.82, 2.24) is 10.5 Å². The van der Waals surface area contributed by atoms with Gasteiger partial charge in [0.05, 0.1) is 6.61 Å². The molecule has 1 rings (SSSR count). The van der Waals surface area contributed by atoms with Crippen LogP contribution >= 0.6 is 0 Å². The van der Waals surface area contributed by atoms with Crippen LogP contribution in [0.25, 0.3) is 0 Å². The van der Waals surface area contributed by atoms with E-state index in [1.54, 1.807) is 19.4 Å². The van der Waals surface area contributed by atoms with Gasteiger partial charge in [0.15, 0.2) is 0 Å². The minimum Gasteiger partial charge on any atom is -0.297 e. The van der Waals surface area contributed by atoms with Crippen LogP contribution in [0.5, 0.6) is 0 Å². The van der Waals surface area contributed by atoms with E-state index in [1.807, 2.05) is 12.1 Å². The lowest BCUT2D eigenvalue weighted by atomic mass is 10.3. The molecule has 1 aromatic rings. The summed E-state index contributed by atoms with van der Waals surface area (Å²) in [7, 11) is 1.74. The van der Waals surface area contributed by atoms with E-state index in [2.05, 4.69) is 10.5 Å². The molecule has 1 N–H and O–H groups in total. The van der Waals surface area contributed by atoms with Crippen molar-refractivity contribution in [2.75, 3.05) is 7.05 Å². The second-order valence-electron chi connectivity index (χ2n) is 1.85. The molecular weight excluding hydrogens is 128 g/mol. The van der Waals surface area contributed by atoms with Gasteiger partial charge in [-0.3, -0.25) is 9.82 Å². The number of hydroxylamine groups is 1. The van der Waals surface area contributed by atoms with Gasteiger partial charge in [0.2, 0.25) is 0 Å².